The first-order valence-corrected chi connectivity index (χ1v) is 21.5. The summed E-state index contributed by atoms with van der Waals surface area (Å²) in [6.07, 6.45) is 0. The molecular weight excluding hydrogens is 599 g/mol. The van der Waals surface area contributed by atoms with Gasteiger partial charge < -0.3 is 34.0 Å². The van der Waals surface area contributed by atoms with Crippen molar-refractivity contribution in [1.82, 2.24) is 0 Å². The molecule has 0 bridgehead atoms. The van der Waals surface area contributed by atoms with Gasteiger partial charge in [0.25, 0.3) is 0 Å². The van der Waals surface area contributed by atoms with Crippen LogP contribution in [0.1, 0.15) is 29.5 Å². The Morgan fingerprint density at radius 3 is 2.11 bits per heavy atom. The fraction of sp³-hybridized carbons (Fsp3) is 0.276. The van der Waals surface area contributed by atoms with E-state index in [4.69, 9.17) is 9.16 Å². The van der Waals surface area contributed by atoms with Gasteiger partial charge >= 0.3 is 41.9 Å². The molecule has 0 heterocycles. The van der Waals surface area contributed by atoms with E-state index in [1.54, 1.807) is 23.3 Å². The van der Waals surface area contributed by atoms with E-state index in [0.29, 0.717) is 6.61 Å². The van der Waals surface area contributed by atoms with Gasteiger partial charge in [0.2, 0.25) is 8.32 Å². The Labute approximate surface area is 244 Å². The minimum Gasteiger partial charge on any atom is -1.00 e. The van der Waals surface area contributed by atoms with Gasteiger partial charge in [0, 0.05) is 11.5 Å². The average Bonchev–Trinajstić information content (AvgIpc) is 3.29. The number of ether oxygens (including phenoxy) is 1. The van der Waals surface area contributed by atoms with Crippen molar-refractivity contribution in [3.8, 4) is 0 Å². The van der Waals surface area contributed by atoms with Crippen LogP contribution in [0.3, 0.4) is 0 Å². The third-order valence-corrected chi connectivity index (χ3v) is 6.53. The number of benzene rings is 3. The summed E-state index contributed by atoms with van der Waals surface area (Å²) < 4.78 is 12.9. The van der Waals surface area contributed by atoms with Gasteiger partial charge in [-0.25, -0.2) is 0 Å². The second-order valence-corrected chi connectivity index (χ2v) is 23.7. The van der Waals surface area contributed by atoms with E-state index in [2.05, 4.69) is 112 Å². The standard InChI is InChI=1S/C27H27O2Si.C2H6Si.2ClH.Zr/c1-5-28-27-25(21-13-8-9-14-23(21)26(27)29-30(2,3)4)22-16-10-15-20-19-12-7-6-11-18(19)17-24(20)22;1-3-2;;;/h6-17,25H,5H2,1-4H3;1-2H3;2*1H;/q-1;;;;+2/p-2. The Balaban J connectivity index is 0.000000710. The van der Waals surface area contributed by atoms with Gasteiger partial charge in [0.1, 0.15) is 11.5 Å². The molecule has 0 amide bonds. The maximum atomic E-state index is 6.61. The van der Waals surface area contributed by atoms with Crippen molar-refractivity contribution in [3.63, 3.8) is 0 Å². The number of rotatable bonds is 5. The SMILES string of the molecule is CCOC1=C(O[Si](C)(C)C)c2ccccc2C1c1cccc2c1[cH-]c1ccccc12.C[Si](C)=[Zr+2].[Cl-].[Cl-]. The Hall–Kier alpha value is -1.23. The minimum absolute atomic E-state index is 0. The largest absolute Gasteiger partial charge is 1.00 e. The first kappa shape index (κ1) is 31.0. The third-order valence-electron chi connectivity index (χ3n) is 5.71. The van der Waals surface area contributed by atoms with Crippen molar-refractivity contribution in [2.24, 2.45) is 0 Å². The molecule has 5 rings (SSSR count). The van der Waals surface area contributed by atoms with Crippen molar-refractivity contribution in [1.29, 1.82) is 0 Å². The van der Waals surface area contributed by atoms with Crippen LogP contribution in [0.25, 0.3) is 27.3 Å². The van der Waals surface area contributed by atoms with Gasteiger partial charge in [-0.2, -0.15) is 0 Å². The smallest absolute Gasteiger partial charge is 1.00 e. The van der Waals surface area contributed by atoms with E-state index in [-0.39, 0.29) is 36.2 Å². The van der Waals surface area contributed by atoms with Gasteiger partial charge in [-0.05, 0) is 32.1 Å². The molecule has 1 aliphatic carbocycles. The Kier molecular flexibility index (Phi) is 11.2. The van der Waals surface area contributed by atoms with Crippen LogP contribution in [0.2, 0.25) is 32.7 Å². The molecule has 1 aliphatic rings. The second-order valence-electron chi connectivity index (χ2n) is 9.90. The fourth-order valence-electron chi connectivity index (χ4n) is 4.64. The quantitative estimate of drug-likeness (QED) is 0.249. The zero-order valence-electron chi connectivity index (χ0n) is 21.8. The molecule has 0 saturated carbocycles. The van der Waals surface area contributed by atoms with Crippen molar-refractivity contribution < 1.29 is 57.3 Å². The first-order chi connectivity index (χ1) is 16.2. The van der Waals surface area contributed by atoms with Gasteiger partial charge in [-0.1, -0.05) is 66.2 Å². The summed E-state index contributed by atoms with van der Waals surface area (Å²) in [7, 11) is -1.81. The molecule has 0 spiro atoms. The molecule has 1 atom stereocenters. The third kappa shape index (κ3) is 6.60. The fourth-order valence-corrected chi connectivity index (χ4v) is 5.46. The summed E-state index contributed by atoms with van der Waals surface area (Å²) in [6.45, 7) is 14.0. The molecule has 0 aliphatic heterocycles. The summed E-state index contributed by atoms with van der Waals surface area (Å²) in [5.74, 6) is 1.94. The summed E-state index contributed by atoms with van der Waals surface area (Å²) in [6, 6.07) is 26.2. The van der Waals surface area contributed by atoms with Crippen LogP contribution in [0.4, 0.5) is 0 Å². The van der Waals surface area contributed by atoms with E-state index in [0.717, 1.165) is 11.5 Å². The van der Waals surface area contributed by atoms with E-state index >= 15 is 0 Å². The first-order valence-electron chi connectivity index (χ1n) is 12.0. The molecule has 0 N–H and O–H groups in total. The second kappa shape index (κ2) is 13.0. The topological polar surface area (TPSA) is 18.5 Å². The summed E-state index contributed by atoms with van der Waals surface area (Å²) in [5, 5.41) is 5.19. The number of hydrogen-bond donors (Lipinski definition) is 0. The molecule has 7 heteroatoms. The van der Waals surface area contributed by atoms with E-state index in [1.165, 1.54) is 38.2 Å². The van der Waals surface area contributed by atoms with Crippen LogP contribution in [-0.4, -0.2) is 20.4 Å². The van der Waals surface area contributed by atoms with Crippen LogP contribution in [0.5, 0.6) is 0 Å². The Bertz CT molecular complexity index is 1390. The molecule has 36 heavy (non-hydrogen) atoms. The van der Waals surface area contributed by atoms with E-state index in [9.17, 15) is 0 Å². The molecule has 0 aromatic heterocycles. The van der Waals surface area contributed by atoms with Crippen LogP contribution >= 0.6 is 0 Å². The van der Waals surface area contributed by atoms with Crippen LogP contribution in [0.15, 0.2) is 78.6 Å². The molecule has 4 aromatic rings. The predicted octanol–water partition coefficient (Wildman–Crippen LogP) is 2.21. The average molecular weight is 632 g/mol. The maximum Gasteiger partial charge on any atom is -1.00 e. The molecule has 0 saturated heterocycles. The van der Waals surface area contributed by atoms with E-state index < -0.39 is 8.32 Å². The predicted molar refractivity (Wildman–Crippen MR) is 146 cm³/mol. The van der Waals surface area contributed by atoms with Crippen molar-refractivity contribution in [3.05, 3.63) is 95.2 Å². The van der Waals surface area contributed by atoms with Crippen LogP contribution in [0, 0.1) is 0 Å². The van der Waals surface area contributed by atoms with Crippen molar-refractivity contribution >= 4 is 41.1 Å². The number of hydrogen-bond acceptors (Lipinski definition) is 2. The zero-order chi connectivity index (χ0) is 24.5. The molecular formula is C29H33Cl2O2Si2Zr-. The Morgan fingerprint density at radius 1 is 0.861 bits per heavy atom. The molecule has 0 radical (unpaired) electrons. The molecule has 1 unspecified atom stereocenters. The zero-order valence-corrected chi connectivity index (χ0v) is 27.8. The minimum atomic E-state index is -1.81. The number of allylic oxidation sites excluding steroid dienone is 1. The summed E-state index contributed by atoms with van der Waals surface area (Å²) >= 11 is 1.74. The maximum absolute atomic E-state index is 6.61. The van der Waals surface area contributed by atoms with Gasteiger partial charge in [0.05, 0.1) is 6.61 Å². The molecule has 2 nitrogen and oxygen atoms in total. The van der Waals surface area contributed by atoms with Crippen LogP contribution in [-0.2, 0) is 32.5 Å². The van der Waals surface area contributed by atoms with Crippen molar-refractivity contribution in [2.45, 2.75) is 45.6 Å². The van der Waals surface area contributed by atoms with E-state index in [1.807, 2.05) is 0 Å². The monoisotopic (exact) mass is 629 g/mol. The van der Waals surface area contributed by atoms with Crippen molar-refractivity contribution in [2.75, 3.05) is 6.61 Å². The normalized spacial score (nSPS) is 14.4. The van der Waals surface area contributed by atoms with Gasteiger partial charge in [-0.15, -0.1) is 33.7 Å². The Morgan fingerprint density at radius 2 is 1.44 bits per heavy atom. The summed E-state index contributed by atoms with van der Waals surface area (Å²) in [4.78, 5) is 0. The number of halogens is 2. The number of fused-ring (bicyclic) bond motifs is 4. The van der Waals surface area contributed by atoms with Gasteiger partial charge in [-0.3, -0.25) is 0 Å². The molecule has 0 fully saturated rings. The van der Waals surface area contributed by atoms with Gasteiger partial charge in [0.15, 0.2) is 0 Å². The summed E-state index contributed by atoms with van der Waals surface area (Å²) in [5.41, 5.74) is 3.93. The molecule has 4 aromatic carbocycles. The molecule has 188 valence electrons. The van der Waals surface area contributed by atoms with Crippen LogP contribution < -0.4 is 24.8 Å².